The van der Waals surface area contributed by atoms with Crippen molar-refractivity contribution in [2.75, 3.05) is 5.32 Å². The smallest absolute Gasteiger partial charge is 0.291 e. The van der Waals surface area contributed by atoms with E-state index >= 15 is 0 Å². The summed E-state index contributed by atoms with van der Waals surface area (Å²) < 4.78 is 66.1. The van der Waals surface area contributed by atoms with Crippen LogP contribution < -0.4 is 10.1 Å². The second-order valence-electron chi connectivity index (χ2n) is 7.25. The zero-order valence-corrected chi connectivity index (χ0v) is 18.1. The number of hydrogen-bond donors (Lipinski definition) is 1. The Bertz CT molecular complexity index is 1340. The van der Waals surface area contributed by atoms with Crippen LogP contribution in [0.3, 0.4) is 0 Å². The number of amides is 1. The van der Waals surface area contributed by atoms with Crippen LogP contribution in [-0.2, 0) is 13.0 Å². The first-order chi connectivity index (χ1) is 16.3. The van der Waals surface area contributed by atoms with Gasteiger partial charge in [0.15, 0.2) is 17.4 Å². The van der Waals surface area contributed by atoms with Gasteiger partial charge in [-0.25, -0.2) is 17.6 Å². The number of para-hydroxylation sites is 1. The molecule has 1 amide bonds. The van der Waals surface area contributed by atoms with Crippen molar-refractivity contribution in [3.05, 3.63) is 118 Å². The average molecular weight is 490 g/mol. The van der Waals surface area contributed by atoms with Gasteiger partial charge in [0.1, 0.15) is 35.4 Å². The van der Waals surface area contributed by atoms with E-state index in [0.717, 1.165) is 18.2 Å². The minimum Gasteiger partial charge on any atom is -0.488 e. The number of rotatable bonds is 7. The van der Waals surface area contributed by atoms with Crippen molar-refractivity contribution < 1.29 is 31.5 Å². The average Bonchev–Trinajstić information content (AvgIpc) is 3.27. The lowest BCUT2D eigenvalue weighted by Gasteiger charge is -2.12. The van der Waals surface area contributed by atoms with Crippen LogP contribution in [-0.4, -0.2) is 5.91 Å². The quantitative estimate of drug-likeness (QED) is 0.287. The van der Waals surface area contributed by atoms with E-state index in [2.05, 4.69) is 5.32 Å². The standard InChI is InChI=1S/C25H16ClF4NO3/c26-16-7-9-21(33-13-14-3-1-4-18(27)23(14)30)15(11-16)12-17-8-10-22(34-17)25(32)31-24-19(28)5-2-6-20(24)29/h1-11H,12-13H2,(H,31,32). The van der Waals surface area contributed by atoms with Crippen molar-refractivity contribution in [1.82, 2.24) is 0 Å². The molecule has 0 aliphatic rings. The first-order valence-corrected chi connectivity index (χ1v) is 10.4. The molecule has 9 heteroatoms. The molecular formula is C25H16ClF4NO3. The van der Waals surface area contributed by atoms with E-state index in [9.17, 15) is 22.4 Å². The number of ether oxygens (including phenoxy) is 1. The molecule has 1 aromatic heterocycles. The van der Waals surface area contributed by atoms with E-state index < -0.39 is 34.9 Å². The Morgan fingerprint density at radius 1 is 0.882 bits per heavy atom. The third kappa shape index (κ3) is 5.23. The second kappa shape index (κ2) is 10.0. The van der Waals surface area contributed by atoms with Gasteiger partial charge in [-0.15, -0.1) is 0 Å². The molecule has 174 valence electrons. The Kier molecular flexibility index (Phi) is 6.88. The molecule has 3 aromatic carbocycles. The lowest BCUT2D eigenvalue weighted by atomic mass is 10.1. The van der Waals surface area contributed by atoms with Crippen molar-refractivity contribution in [3.63, 3.8) is 0 Å². The number of hydrogen-bond acceptors (Lipinski definition) is 3. The zero-order valence-electron chi connectivity index (χ0n) is 17.4. The topological polar surface area (TPSA) is 51.5 Å². The minimum absolute atomic E-state index is 0.0400. The maximum absolute atomic E-state index is 13.9. The van der Waals surface area contributed by atoms with Gasteiger partial charge in [-0.2, -0.15) is 0 Å². The van der Waals surface area contributed by atoms with Gasteiger partial charge in [0.2, 0.25) is 0 Å². The molecule has 4 nitrogen and oxygen atoms in total. The van der Waals surface area contributed by atoms with Crippen LogP contribution in [0.5, 0.6) is 5.75 Å². The van der Waals surface area contributed by atoms with Crippen molar-refractivity contribution in [1.29, 1.82) is 0 Å². The number of anilines is 1. The molecule has 0 radical (unpaired) electrons. The Balaban J connectivity index is 1.49. The lowest BCUT2D eigenvalue weighted by Crippen LogP contribution is -2.13. The van der Waals surface area contributed by atoms with Gasteiger partial charge in [-0.1, -0.05) is 29.8 Å². The van der Waals surface area contributed by atoms with Gasteiger partial charge < -0.3 is 14.5 Å². The van der Waals surface area contributed by atoms with Gasteiger partial charge in [0.05, 0.1) is 0 Å². The Hall–Kier alpha value is -3.78. The summed E-state index contributed by atoms with van der Waals surface area (Å²) in [6.07, 6.45) is 0.142. The highest BCUT2D eigenvalue weighted by Crippen LogP contribution is 2.28. The van der Waals surface area contributed by atoms with Crippen LogP contribution >= 0.6 is 11.6 Å². The maximum atomic E-state index is 13.9. The molecule has 0 aliphatic carbocycles. The first-order valence-electron chi connectivity index (χ1n) is 10.00. The number of halogens is 5. The van der Waals surface area contributed by atoms with Gasteiger partial charge in [-0.05, 0) is 48.5 Å². The largest absolute Gasteiger partial charge is 0.488 e. The summed E-state index contributed by atoms with van der Waals surface area (Å²) in [5, 5.41) is 2.55. The Morgan fingerprint density at radius 2 is 1.59 bits per heavy atom. The van der Waals surface area contributed by atoms with Gasteiger partial charge >= 0.3 is 0 Å². The fraction of sp³-hybridized carbons (Fsp3) is 0.0800. The highest BCUT2D eigenvalue weighted by Gasteiger charge is 2.18. The third-order valence-corrected chi connectivity index (χ3v) is 5.12. The molecule has 0 fully saturated rings. The normalized spacial score (nSPS) is 10.9. The van der Waals surface area contributed by atoms with E-state index in [-0.39, 0.29) is 24.4 Å². The summed E-state index contributed by atoms with van der Waals surface area (Å²) in [5.74, 6) is -4.12. The molecule has 4 aromatic rings. The number of nitrogens with one attached hydrogen (secondary N) is 1. The summed E-state index contributed by atoms with van der Waals surface area (Å²) >= 11 is 6.09. The second-order valence-corrected chi connectivity index (χ2v) is 7.68. The summed E-state index contributed by atoms with van der Waals surface area (Å²) in [5.41, 5.74) is 0.0181. The predicted octanol–water partition coefficient (Wildman–Crippen LogP) is 6.91. The molecular weight excluding hydrogens is 474 g/mol. The van der Waals surface area contributed by atoms with Crippen LogP contribution in [0, 0.1) is 23.3 Å². The van der Waals surface area contributed by atoms with E-state index in [0.29, 0.717) is 22.1 Å². The Labute approximate surface area is 196 Å². The Morgan fingerprint density at radius 3 is 2.35 bits per heavy atom. The van der Waals surface area contributed by atoms with Crippen molar-refractivity contribution in [2.45, 2.75) is 13.0 Å². The third-order valence-electron chi connectivity index (χ3n) is 4.89. The lowest BCUT2D eigenvalue weighted by molar-refractivity contribution is 0.0994. The van der Waals surface area contributed by atoms with Crippen LogP contribution in [0.1, 0.15) is 27.4 Å². The highest BCUT2D eigenvalue weighted by atomic mass is 35.5. The van der Waals surface area contributed by atoms with Crippen LogP contribution in [0.4, 0.5) is 23.2 Å². The molecule has 0 aliphatic heterocycles. The minimum atomic E-state index is -0.994. The van der Waals surface area contributed by atoms with Crippen molar-refractivity contribution >= 4 is 23.2 Å². The molecule has 0 saturated heterocycles. The summed E-state index contributed by atoms with van der Waals surface area (Å²) in [6.45, 7) is -0.224. The number of benzene rings is 3. The molecule has 0 spiro atoms. The molecule has 1 N–H and O–H groups in total. The molecule has 4 rings (SSSR count). The van der Waals surface area contributed by atoms with E-state index in [1.165, 1.54) is 30.3 Å². The summed E-state index contributed by atoms with van der Waals surface area (Å²) in [4.78, 5) is 12.4. The fourth-order valence-electron chi connectivity index (χ4n) is 3.22. The van der Waals surface area contributed by atoms with Gasteiger partial charge in [-0.3, -0.25) is 4.79 Å². The van der Waals surface area contributed by atoms with Crippen molar-refractivity contribution in [2.24, 2.45) is 0 Å². The molecule has 0 atom stereocenters. The molecule has 1 heterocycles. The van der Waals surface area contributed by atoms with E-state index in [1.54, 1.807) is 18.2 Å². The number of carbonyl (C=O) groups is 1. The van der Waals surface area contributed by atoms with Gasteiger partial charge in [0, 0.05) is 22.6 Å². The molecule has 0 bridgehead atoms. The van der Waals surface area contributed by atoms with Crippen molar-refractivity contribution in [3.8, 4) is 5.75 Å². The van der Waals surface area contributed by atoms with Crippen LogP contribution in [0.15, 0.2) is 71.1 Å². The van der Waals surface area contributed by atoms with Crippen LogP contribution in [0.25, 0.3) is 0 Å². The fourth-order valence-corrected chi connectivity index (χ4v) is 3.41. The first kappa shape index (κ1) is 23.4. The summed E-state index contributed by atoms with van der Waals surface area (Å²) in [7, 11) is 0. The zero-order chi connectivity index (χ0) is 24.2. The van der Waals surface area contributed by atoms with E-state index in [1.807, 2.05) is 0 Å². The van der Waals surface area contributed by atoms with Gasteiger partial charge in [0.25, 0.3) is 5.91 Å². The number of furan rings is 1. The SMILES string of the molecule is O=C(Nc1c(F)cccc1F)c1ccc(Cc2cc(Cl)ccc2OCc2cccc(F)c2F)o1. The highest BCUT2D eigenvalue weighted by molar-refractivity contribution is 6.30. The predicted molar refractivity (Wildman–Crippen MR) is 118 cm³/mol. The van der Waals surface area contributed by atoms with E-state index in [4.69, 9.17) is 20.8 Å². The molecule has 0 saturated carbocycles. The molecule has 34 heavy (non-hydrogen) atoms. The monoisotopic (exact) mass is 489 g/mol. The maximum Gasteiger partial charge on any atom is 0.291 e. The number of carbonyl (C=O) groups excluding carboxylic acids is 1. The summed E-state index contributed by atoms with van der Waals surface area (Å²) in [6, 6.07) is 14.6. The molecule has 0 unspecified atom stereocenters. The van der Waals surface area contributed by atoms with Crippen LogP contribution in [0.2, 0.25) is 5.02 Å².